The Balaban J connectivity index is 2.29. The minimum absolute atomic E-state index is 0.0826. The lowest BCUT2D eigenvalue weighted by Gasteiger charge is -2.15. The predicted molar refractivity (Wildman–Crippen MR) is 69.9 cm³/mol. The maximum atomic E-state index is 11.6. The Morgan fingerprint density at radius 2 is 1.67 bits per heavy atom. The summed E-state index contributed by atoms with van der Waals surface area (Å²) in [5, 5.41) is 0. The Bertz CT molecular complexity index is 401. The number of benzene rings is 1. The highest BCUT2D eigenvalue weighted by Crippen LogP contribution is 2.17. The van der Waals surface area contributed by atoms with Gasteiger partial charge in [0.1, 0.15) is 12.4 Å². The van der Waals surface area contributed by atoms with Gasteiger partial charge in [-0.15, -0.1) is 0 Å². The predicted octanol–water partition coefficient (Wildman–Crippen LogP) is 3.13. The van der Waals surface area contributed by atoms with Crippen molar-refractivity contribution in [2.45, 2.75) is 40.2 Å². The minimum Gasteiger partial charge on any atom is -0.461 e. The van der Waals surface area contributed by atoms with Gasteiger partial charge in [-0.05, 0) is 5.56 Å². The van der Waals surface area contributed by atoms with Crippen LogP contribution in [0.3, 0.4) is 0 Å². The zero-order valence-corrected chi connectivity index (χ0v) is 11.2. The van der Waals surface area contributed by atoms with Crippen LogP contribution in [0.1, 0.15) is 39.2 Å². The fourth-order valence-electron chi connectivity index (χ4n) is 1.40. The van der Waals surface area contributed by atoms with Crippen LogP contribution in [0.25, 0.3) is 0 Å². The molecule has 0 aliphatic rings. The van der Waals surface area contributed by atoms with Crippen molar-refractivity contribution in [2.75, 3.05) is 0 Å². The molecule has 0 unspecified atom stereocenters. The van der Waals surface area contributed by atoms with E-state index >= 15 is 0 Å². The summed E-state index contributed by atoms with van der Waals surface area (Å²) in [5.41, 5.74) is 0.563. The summed E-state index contributed by atoms with van der Waals surface area (Å²) in [5.74, 6) is -0.240. The Hall–Kier alpha value is -1.64. The van der Waals surface area contributed by atoms with E-state index in [9.17, 15) is 9.59 Å². The lowest BCUT2D eigenvalue weighted by Crippen LogP contribution is -2.21. The van der Waals surface area contributed by atoms with Crippen molar-refractivity contribution >= 4 is 11.8 Å². The molecule has 0 bridgehead atoms. The van der Waals surface area contributed by atoms with Crippen molar-refractivity contribution < 1.29 is 14.3 Å². The molecule has 98 valence electrons. The molecule has 1 aromatic rings. The highest BCUT2D eigenvalue weighted by atomic mass is 16.5. The van der Waals surface area contributed by atoms with Crippen LogP contribution in [-0.4, -0.2) is 11.8 Å². The van der Waals surface area contributed by atoms with Crippen LogP contribution in [0.4, 0.5) is 0 Å². The van der Waals surface area contributed by atoms with Crippen LogP contribution < -0.4 is 0 Å². The van der Waals surface area contributed by atoms with Crippen molar-refractivity contribution in [3.05, 3.63) is 35.9 Å². The third kappa shape index (κ3) is 5.13. The summed E-state index contributed by atoms with van der Waals surface area (Å²) in [6.07, 6.45) is 0.403. The van der Waals surface area contributed by atoms with Crippen molar-refractivity contribution in [1.29, 1.82) is 0 Å². The summed E-state index contributed by atoms with van der Waals surface area (Å²) in [6.45, 7) is 5.82. The summed E-state index contributed by atoms with van der Waals surface area (Å²) in [6, 6.07) is 9.49. The van der Waals surface area contributed by atoms with Gasteiger partial charge in [-0.3, -0.25) is 9.59 Å². The molecule has 0 fully saturated rings. The van der Waals surface area contributed by atoms with E-state index < -0.39 is 0 Å². The van der Waals surface area contributed by atoms with Gasteiger partial charge < -0.3 is 4.74 Å². The van der Waals surface area contributed by atoms with Crippen LogP contribution in [0.15, 0.2) is 30.3 Å². The van der Waals surface area contributed by atoms with Gasteiger partial charge in [0.25, 0.3) is 0 Å². The maximum Gasteiger partial charge on any atom is 0.306 e. The molecule has 0 aliphatic heterocycles. The molecule has 18 heavy (non-hydrogen) atoms. The number of ketones is 1. The molecule has 0 spiro atoms. The molecule has 0 radical (unpaired) electrons. The van der Waals surface area contributed by atoms with E-state index in [1.807, 2.05) is 51.1 Å². The highest BCUT2D eigenvalue weighted by Gasteiger charge is 2.21. The highest BCUT2D eigenvalue weighted by molar-refractivity contribution is 5.86. The smallest absolute Gasteiger partial charge is 0.306 e. The second-order valence-electron chi connectivity index (χ2n) is 5.32. The van der Waals surface area contributed by atoms with Gasteiger partial charge in [0.05, 0.1) is 6.42 Å². The molecule has 0 heterocycles. The molecule has 0 N–H and O–H groups in total. The molecule has 0 saturated heterocycles. The van der Waals surface area contributed by atoms with Gasteiger partial charge in [0, 0.05) is 11.8 Å². The van der Waals surface area contributed by atoms with Gasteiger partial charge in [-0.25, -0.2) is 0 Å². The Labute approximate surface area is 108 Å². The van der Waals surface area contributed by atoms with E-state index in [0.29, 0.717) is 0 Å². The summed E-state index contributed by atoms with van der Waals surface area (Å²) in [7, 11) is 0. The third-order valence-corrected chi connectivity index (χ3v) is 2.64. The molecule has 0 amide bonds. The van der Waals surface area contributed by atoms with Crippen LogP contribution in [0, 0.1) is 5.41 Å². The first-order chi connectivity index (χ1) is 8.39. The van der Waals surface area contributed by atoms with Gasteiger partial charge in [0.2, 0.25) is 0 Å². The topological polar surface area (TPSA) is 43.4 Å². The first-order valence-corrected chi connectivity index (χ1v) is 6.12. The molecule has 1 rings (SSSR count). The Morgan fingerprint density at radius 3 is 2.22 bits per heavy atom. The SMILES string of the molecule is CC(C)(C)C(=O)CCC(=O)OCc1ccccc1. The van der Waals surface area contributed by atoms with Crippen LogP contribution in [0.2, 0.25) is 0 Å². The van der Waals surface area contributed by atoms with Crippen LogP contribution in [-0.2, 0) is 20.9 Å². The molecule has 0 saturated carbocycles. The lowest BCUT2D eigenvalue weighted by atomic mass is 9.88. The number of Topliss-reactive ketones (excluding diaryl/α,β-unsaturated/α-hetero) is 1. The van der Waals surface area contributed by atoms with E-state index in [2.05, 4.69) is 0 Å². The zero-order valence-electron chi connectivity index (χ0n) is 11.2. The molecule has 0 aromatic heterocycles. The fourth-order valence-corrected chi connectivity index (χ4v) is 1.40. The second-order valence-corrected chi connectivity index (χ2v) is 5.32. The van der Waals surface area contributed by atoms with Gasteiger partial charge in [0.15, 0.2) is 0 Å². The number of hydrogen-bond acceptors (Lipinski definition) is 3. The van der Waals surface area contributed by atoms with Gasteiger partial charge in [-0.1, -0.05) is 51.1 Å². The molecular formula is C15H20O3. The number of hydrogen-bond donors (Lipinski definition) is 0. The number of carbonyl (C=O) groups is 2. The van der Waals surface area contributed by atoms with Crippen molar-refractivity contribution in [2.24, 2.45) is 5.41 Å². The standard InChI is InChI=1S/C15H20O3/c1-15(2,3)13(16)9-10-14(17)18-11-12-7-5-4-6-8-12/h4-8H,9-11H2,1-3H3. The van der Waals surface area contributed by atoms with Crippen LogP contribution >= 0.6 is 0 Å². The molecule has 0 aliphatic carbocycles. The minimum atomic E-state index is -0.389. The average Bonchev–Trinajstić information content (AvgIpc) is 2.33. The van der Waals surface area contributed by atoms with E-state index in [4.69, 9.17) is 4.74 Å². The first-order valence-electron chi connectivity index (χ1n) is 6.12. The molecule has 3 nitrogen and oxygen atoms in total. The van der Waals surface area contributed by atoms with Crippen molar-refractivity contribution in [3.8, 4) is 0 Å². The molecule has 1 aromatic carbocycles. The molecular weight excluding hydrogens is 228 g/mol. The van der Waals surface area contributed by atoms with E-state index in [1.54, 1.807) is 0 Å². The molecule has 3 heteroatoms. The Kier molecular flexibility index (Phi) is 5.08. The van der Waals surface area contributed by atoms with Gasteiger partial charge in [-0.2, -0.15) is 0 Å². The normalized spacial score (nSPS) is 11.1. The lowest BCUT2D eigenvalue weighted by molar-refractivity contribution is -0.146. The van der Waals surface area contributed by atoms with Crippen molar-refractivity contribution in [1.82, 2.24) is 0 Å². The number of rotatable bonds is 5. The fraction of sp³-hybridized carbons (Fsp3) is 0.467. The quantitative estimate of drug-likeness (QED) is 0.752. The maximum absolute atomic E-state index is 11.6. The van der Waals surface area contributed by atoms with Gasteiger partial charge >= 0.3 is 5.97 Å². The Morgan fingerprint density at radius 1 is 1.06 bits per heavy atom. The summed E-state index contributed by atoms with van der Waals surface area (Å²) >= 11 is 0. The number of carbonyl (C=O) groups excluding carboxylic acids is 2. The van der Waals surface area contributed by atoms with Crippen LogP contribution in [0.5, 0.6) is 0 Å². The van der Waals surface area contributed by atoms with E-state index in [1.165, 1.54) is 0 Å². The third-order valence-electron chi connectivity index (χ3n) is 2.64. The van der Waals surface area contributed by atoms with Crippen molar-refractivity contribution in [3.63, 3.8) is 0 Å². The number of ether oxygens (including phenoxy) is 1. The average molecular weight is 248 g/mol. The summed E-state index contributed by atoms with van der Waals surface area (Å²) in [4.78, 5) is 23.1. The second kappa shape index (κ2) is 6.34. The largest absolute Gasteiger partial charge is 0.461 e. The van der Waals surface area contributed by atoms with E-state index in [0.717, 1.165) is 5.56 Å². The first kappa shape index (κ1) is 14.4. The monoisotopic (exact) mass is 248 g/mol. The summed E-state index contributed by atoms with van der Waals surface area (Å²) < 4.78 is 5.10. The van der Waals surface area contributed by atoms with E-state index in [-0.39, 0.29) is 36.6 Å². The molecule has 0 atom stereocenters. The number of esters is 1. The zero-order chi connectivity index (χ0) is 13.6.